The SMILES string of the molecule is CNC(=O)CN(C)c1ccc(/C=C/C(=O)O)cc1. The number of carboxylic acid groups (broad SMARTS) is 1. The summed E-state index contributed by atoms with van der Waals surface area (Å²) in [6, 6.07) is 7.28. The topological polar surface area (TPSA) is 69.6 Å². The van der Waals surface area contributed by atoms with Crippen LogP contribution >= 0.6 is 0 Å². The molecular formula is C13H16N2O3. The van der Waals surface area contributed by atoms with Gasteiger partial charge >= 0.3 is 5.97 Å². The standard InChI is InChI=1S/C13H16N2O3/c1-14-12(16)9-15(2)11-6-3-10(4-7-11)5-8-13(17)18/h3-8H,9H2,1-2H3,(H,14,16)(H,17,18)/b8-5+. The van der Waals surface area contributed by atoms with Crippen LogP contribution in [-0.2, 0) is 9.59 Å². The second-order valence-electron chi connectivity index (χ2n) is 3.79. The molecule has 0 radical (unpaired) electrons. The summed E-state index contributed by atoms with van der Waals surface area (Å²) >= 11 is 0. The molecule has 0 aromatic heterocycles. The fraction of sp³-hybridized carbons (Fsp3) is 0.231. The van der Waals surface area contributed by atoms with Gasteiger partial charge in [0.2, 0.25) is 5.91 Å². The molecule has 0 aliphatic carbocycles. The second-order valence-corrected chi connectivity index (χ2v) is 3.79. The Morgan fingerprint density at radius 2 is 1.94 bits per heavy atom. The van der Waals surface area contributed by atoms with Crippen molar-refractivity contribution in [2.75, 3.05) is 25.5 Å². The molecule has 0 aliphatic heterocycles. The zero-order chi connectivity index (χ0) is 13.5. The number of likely N-dealkylation sites (N-methyl/N-ethyl adjacent to an activating group) is 2. The molecule has 96 valence electrons. The number of amides is 1. The summed E-state index contributed by atoms with van der Waals surface area (Å²) in [5, 5.41) is 11.1. The number of nitrogens with one attached hydrogen (secondary N) is 1. The molecule has 0 fully saturated rings. The Labute approximate surface area is 106 Å². The average molecular weight is 248 g/mol. The third-order valence-electron chi connectivity index (χ3n) is 2.41. The first kappa shape index (κ1) is 13.8. The van der Waals surface area contributed by atoms with E-state index in [2.05, 4.69) is 5.32 Å². The van der Waals surface area contributed by atoms with Crippen molar-refractivity contribution in [1.82, 2.24) is 5.32 Å². The number of benzene rings is 1. The Morgan fingerprint density at radius 1 is 1.33 bits per heavy atom. The molecule has 0 saturated heterocycles. The van der Waals surface area contributed by atoms with Gasteiger partial charge in [0.05, 0.1) is 6.54 Å². The first-order valence-corrected chi connectivity index (χ1v) is 5.45. The number of rotatable bonds is 5. The third kappa shape index (κ3) is 4.29. The lowest BCUT2D eigenvalue weighted by atomic mass is 10.2. The lowest BCUT2D eigenvalue weighted by molar-refractivity contribution is -0.131. The van der Waals surface area contributed by atoms with E-state index in [0.29, 0.717) is 0 Å². The highest BCUT2D eigenvalue weighted by atomic mass is 16.4. The van der Waals surface area contributed by atoms with Crippen LogP contribution in [0.5, 0.6) is 0 Å². The van der Waals surface area contributed by atoms with Crippen molar-refractivity contribution in [3.05, 3.63) is 35.9 Å². The van der Waals surface area contributed by atoms with Gasteiger partial charge in [-0.3, -0.25) is 4.79 Å². The van der Waals surface area contributed by atoms with Crippen LogP contribution in [0.2, 0.25) is 0 Å². The van der Waals surface area contributed by atoms with Crippen LogP contribution in [-0.4, -0.2) is 37.6 Å². The van der Waals surface area contributed by atoms with Gasteiger partial charge in [0.25, 0.3) is 0 Å². The molecule has 1 aromatic rings. The largest absolute Gasteiger partial charge is 0.478 e. The first-order chi connectivity index (χ1) is 8.52. The van der Waals surface area contributed by atoms with Crippen molar-refractivity contribution in [2.24, 2.45) is 0 Å². The van der Waals surface area contributed by atoms with Gasteiger partial charge in [0.1, 0.15) is 0 Å². The van der Waals surface area contributed by atoms with E-state index in [0.717, 1.165) is 17.3 Å². The van der Waals surface area contributed by atoms with Crippen molar-refractivity contribution >= 4 is 23.6 Å². The van der Waals surface area contributed by atoms with Gasteiger partial charge in [-0.1, -0.05) is 12.1 Å². The first-order valence-electron chi connectivity index (χ1n) is 5.45. The summed E-state index contributed by atoms with van der Waals surface area (Å²) in [5.74, 6) is -1.04. The van der Waals surface area contributed by atoms with E-state index in [1.165, 1.54) is 6.08 Å². The predicted molar refractivity (Wildman–Crippen MR) is 70.4 cm³/mol. The Morgan fingerprint density at radius 3 is 2.44 bits per heavy atom. The molecule has 1 rings (SSSR count). The number of nitrogens with zero attached hydrogens (tertiary/aromatic N) is 1. The molecule has 0 saturated carbocycles. The fourth-order valence-corrected chi connectivity index (χ4v) is 1.39. The summed E-state index contributed by atoms with van der Waals surface area (Å²) < 4.78 is 0. The Kier molecular flexibility index (Phi) is 4.92. The van der Waals surface area contributed by atoms with Crippen LogP contribution in [0, 0.1) is 0 Å². The molecule has 1 amide bonds. The van der Waals surface area contributed by atoms with Gasteiger partial charge in [-0.25, -0.2) is 4.79 Å². The zero-order valence-corrected chi connectivity index (χ0v) is 10.4. The van der Waals surface area contributed by atoms with Crippen LogP contribution in [0.4, 0.5) is 5.69 Å². The van der Waals surface area contributed by atoms with E-state index < -0.39 is 5.97 Å². The van der Waals surface area contributed by atoms with E-state index in [-0.39, 0.29) is 12.5 Å². The molecule has 0 heterocycles. The number of carbonyl (C=O) groups excluding carboxylic acids is 1. The maximum Gasteiger partial charge on any atom is 0.328 e. The van der Waals surface area contributed by atoms with Crippen LogP contribution < -0.4 is 10.2 Å². The monoisotopic (exact) mass is 248 g/mol. The van der Waals surface area contributed by atoms with Gasteiger partial charge in [-0.15, -0.1) is 0 Å². The Bertz CT molecular complexity index is 452. The van der Waals surface area contributed by atoms with Gasteiger partial charge in [-0.05, 0) is 23.8 Å². The maximum atomic E-state index is 11.2. The predicted octanol–water partition coefficient (Wildman–Crippen LogP) is 0.967. The third-order valence-corrected chi connectivity index (χ3v) is 2.41. The zero-order valence-electron chi connectivity index (χ0n) is 10.4. The van der Waals surface area contributed by atoms with Gasteiger partial charge in [0, 0.05) is 25.9 Å². The van der Waals surface area contributed by atoms with Gasteiger partial charge in [0.15, 0.2) is 0 Å². The van der Waals surface area contributed by atoms with E-state index in [1.807, 2.05) is 24.1 Å². The van der Waals surface area contributed by atoms with Crippen LogP contribution in [0.3, 0.4) is 0 Å². The second kappa shape index (κ2) is 6.44. The summed E-state index contributed by atoms with van der Waals surface area (Å²) in [6.07, 6.45) is 2.61. The van der Waals surface area contributed by atoms with Gasteiger partial charge in [-0.2, -0.15) is 0 Å². The van der Waals surface area contributed by atoms with Crippen molar-refractivity contribution in [2.45, 2.75) is 0 Å². The molecule has 0 aliphatic rings. The number of carboxylic acids is 1. The highest BCUT2D eigenvalue weighted by Crippen LogP contribution is 2.14. The molecule has 18 heavy (non-hydrogen) atoms. The minimum Gasteiger partial charge on any atom is -0.478 e. The molecule has 1 aromatic carbocycles. The Balaban J connectivity index is 2.70. The van der Waals surface area contributed by atoms with E-state index in [9.17, 15) is 9.59 Å². The summed E-state index contributed by atoms with van der Waals surface area (Å²) in [6.45, 7) is 0.279. The minimum absolute atomic E-state index is 0.0626. The molecule has 0 bridgehead atoms. The number of anilines is 1. The maximum absolute atomic E-state index is 11.2. The summed E-state index contributed by atoms with van der Waals surface area (Å²) in [7, 11) is 3.41. The van der Waals surface area contributed by atoms with E-state index in [1.54, 1.807) is 19.2 Å². The molecular weight excluding hydrogens is 232 g/mol. The smallest absolute Gasteiger partial charge is 0.328 e. The lowest BCUT2D eigenvalue weighted by Gasteiger charge is -2.18. The van der Waals surface area contributed by atoms with Gasteiger partial charge < -0.3 is 15.3 Å². The Hall–Kier alpha value is -2.30. The quantitative estimate of drug-likeness (QED) is 0.762. The molecule has 5 nitrogen and oxygen atoms in total. The lowest BCUT2D eigenvalue weighted by Crippen LogP contribution is -2.32. The molecule has 5 heteroatoms. The highest BCUT2D eigenvalue weighted by Gasteiger charge is 2.05. The number of hydrogen-bond donors (Lipinski definition) is 2. The molecule has 0 unspecified atom stereocenters. The minimum atomic E-state index is -0.976. The molecule has 0 spiro atoms. The molecule has 2 N–H and O–H groups in total. The van der Waals surface area contributed by atoms with Crippen molar-refractivity contribution in [3.8, 4) is 0 Å². The van der Waals surface area contributed by atoms with E-state index in [4.69, 9.17) is 5.11 Å². The number of carbonyl (C=O) groups is 2. The van der Waals surface area contributed by atoms with Crippen molar-refractivity contribution < 1.29 is 14.7 Å². The fourth-order valence-electron chi connectivity index (χ4n) is 1.39. The van der Waals surface area contributed by atoms with Crippen molar-refractivity contribution in [1.29, 1.82) is 0 Å². The van der Waals surface area contributed by atoms with E-state index >= 15 is 0 Å². The normalized spacial score (nSPS) is 10.3. The average Bonchev–Trinajstić information content (AvgIpc) is 2.36. The van der Waals surface area contributed by atoms with Crippen molar-refractivity contribution in [3.63, 3.8) is 0 Å². The summed E-state index contributed by atoms with van der Waals surface area (Å²) in [4.78, 5) is 23.4. The number of aliphatic carboxylic acids is 1. The van der Waals surface area contributed by atoms with Crippen LogP contribution in [0.1, 0.15) is 5.56 Å². The van der Waals surface area contributed by atoms with Crippen LogP contribution in [0.25, 0.3) is 6.08 Å². The summed E-state index contributed by atoms with van der Waals surface area (Å²) in [5.41, 5.74) is 1.69. The van der Waals surface area contributed by atoms with Crippen LogP contribution in [0.15, 0.2) is 30.3 Å². The molecule has 0 atom stereocenters. The highest BCUT2D eigenvalue weighted by molar-refractivity contribution is 5.85. The number of hydrogen-bond acceptors (Lipinski definition) is 3.